The zero-order valence-electron chi connectivity index (χ0n) is 57.6. The molecule has 3 heterocycles. The molecule has 0 atom stereocenters. The fraction of sp³-hybridized carbons (Fsp3) is 0.250. The first kappa shape index (κ1) is 67.6. The van der Waals surface area contributed by atoms with Crippen LogP contribution in [0.4, 0.5) is 0 Å². The normalized spacial score (nSPS) is 19.6. The summed E-state index contributed by atoms with van der Waals surface area (Å²) in [5, 5.41) is 13.2. The van der Waals surface area contributed by atoms with Crippen molar-refractivity contribution in [3.63, 3.8) is 0 Å². The van der Waals surface area contributed by atoms with Gasteiger partial charge >= 0.3 is 11.9 Å². The summed E-state index contributed by atoms with van der Waals surface area (Å²) < 4.78 is 23.6. The summed E-state index contributed by atoms with van der Waals surface area (Å²) in [6, 6.07) is 84.6. The second-order valence-electron chi connectivity index (χ2n) is 27.5. The lowest BCUT2D eigenvalue weighted by atomic mass is 9.55. The van der Waals surface area contributed by atoms with Crippen LogP contribution >= 0.6 is 0 Å². The number of aromatic nitrogens is 3. The molecular formula is C88H84N4O8. The molecule has 12 aromatic rings. The number of fused-ring (bicyclic) bond motifs is 3. The molecule has 0 bridgehead atoms. The van der Waals surface area contributed by atoms with E-state index in [0.29, 0.717) is 61.0 Å². The number of benzene rings is 9. The Kier molecular flexibility index (Phi) is 20.0. The second kappa shape index (κ2) is 29.6. The van der Waals surface area contributed by atoms with E-state index in [1.807, 2.05) is 172 Å². The Morgan fingerprint density at radius 1 is 0.410 bits per heavy atom. The maximum absolute atomic E-state index is 13.4. The summed E-state index contributed by atoms with van der Waals surface area (Å²) in [4.78, 5) is 54.0. The number of amides is 1. The van der Waals surface area contributed by atoms with Gasteiger partial charge in [-0.25, -0.2) is 24.5 Å². The molecule has 1 amide bonds. The fourth-order valence-corrected chi connectivity index (χ4v) is 15.6. The fourth-order valence-electron chi connectivity index (χ4n) is 15.6. The standard InChI is InChI=1S/C31H32N2O2.C29H27NO3.C28H25NO3/c1-4-33(3)30(34)27-17-16-26(35-21-25-15-14-23-10-8-9-13-29(23)32-25)18-28(27)31(19-22(2)20-31)24-11-6-5-7-12-24;1-20-17-29(18-20,22-9-4-3-5-10-22)26-16-24(14-15-25(26)28(31)32-2)33-19-23-13-12-21-8-6-7-11-27(21)30-23;1-19-16-28(17-19,21-8-3-2-4-9-21)25-15-23(13-14-24(25)27(30)31)32-18-22-12-11-20-7-5-6-10-26(20)29-22/h5-18,22H,4,19-21H2,1-3H3;3-16,20H,17-19H2,1-2H3;2-15,19H,16-18H2,1H3,(H,30,31). The van der Waals surface area contributed by atoms with Gasteiger partial charge in [0.15, 0.2) is 0 Å². The van der Waals surface area contributed by atoms with E-state index in [4.69, 9.17) is 28.9 Å². The van der Waals surface area contributed by atoms with Crippen molar-refractivity contribution in [3.05, 3.63) is 322 Å². The van der Waals surface area contributed by atoms with Crippen molar-refractivity contribution >= 4 is 50.6 Å². The molecule has 3 saturated carbocycles. The van der Waals surface area contributed by atoms with Gasteiger partial charge in [-0.1, -0.05) is 185 Å². The van der Waals surface area contributed by atoms with Crippen LogP contribution in [0.3, 0.4) is 0 Å². The van der Waals surface area contributed by atoms with Gasteiger partial charge in [0, 0.05) is 51.6 Å². The molecule has 0 unspecified atom stereocenters. The van der Waals surface area contributed by atoms with E-state index in [2.05, 4.69) is 111 Å². The lowest BCUT2D eigenvalue weighted by Gasteiger charge is -2.48. The van der Waals surface area contributed by atoms with E-state index in [1.165, 1.54) is 18.2 Å². The third kappa shape index (κ3) is 14.2. The van der Waals surface area contributed by atoms with Crippen LogP contribution in [0.2, 0.25) is 0 Å². The molecule has 12 nitrogen and oxygen atoms in total. The predicted octanol–water partition coefficient (Wildman–Crippen LogP) is 19.2. The highest BCUT2D eigenvalue weighted by Crippen LogP contribution is 2.56. The van der Waals surface area contributed by atoms with Gasteiger partial charge in [0.25, 0.3) is 5.91 Å². The summed E-state index contributed by atoms with van der Waals surface area (Å²) in [6.45, 7) is 10.5. The number of para-hydroxylation sites is 3. The van der Waals surface area contributed by atoms with Gasteiger partial charge in [0.05, 0.1) is 51.9 Å². The topological polar surface area (TPSA) is 150 Å². The van der Waals surface area contributed by atoms with E-state index < -0.39 is 5.97 Å². The number of hydrogen-bond donors (Lipinski definition) is 1. The smallest absolute Gasteiger partial charge is 0.338 e. The molecule has 0 aliphatic heterocycles. The van der Waals surface area contributed by atoms with Crippen molar-refractivity contribution in [2.45, 2.75) is 102 Å². The van der Waals surface area contributed by atoms with Gasteiger partial charge in [0.1, 0.15) is 37.1 Å². The summed E-state index contributed by atoms with van der Waals surface area (Å²) in [7, 11) is 3.29. The average Bonchev–Trinajstić information content (AvgIpc) is 0.743. The van der Waals surface area contributed by atoms with E-state index in [9.17, 15) is 19.5 Å². The Morgan fingerprint density at radius 2 is 0.720 bits per heavy atom. The van der Waals surface area contributed by atoms with Crippen molar-refractivity contribution in [2.75, 3.05) is 20.7 Å². The number of carbonyl (C=O) groups is 3. The van der Waals surface area contributed by atoms with Crippen LogP contribution in [0, 0.1) is 17.8 Å². The molecule has 3 aliphatic rings. The van der Waals surface area contributed by atoms with Crippen molar-refractivity contribution in [1.29, 1.82) is 0 Å². The third-order valence-electron chi connectivity index (χ3n) is 20.5. The lowest BCUT2D eigenvalue weighted by Crippen LogP contribution is -2.43. The molecule has 12 heteroatoms. The van der Waals surface area contributed by atoms with Gasteiger partial charge in [-0.3, -0.25) is 4.79 Å². The zero-order valence-corrected chi connectivity index (χ0v) is 57.6. The molecule has 15 rings (SSSR count). The Labute approximate surface area is 585 Å². The molecule has 504 valence electrons. The molecule has 0 spiro atoms. The molecule has 9 aromatic carbocycles. The molecule has 0 radical (unpaired) electrons. The van der Waals surface area contributed by atoms with Gasteiger partial charge in [-0.2, -0.15) is 0 Å². The first-order valence-corrected chi connectivity index (χ1v) is 34.7. The lowest BCUT2D eigenvalue weighted by molar-refractivity contribution is 0.0593. The van der Waals surface area contributed by atoms with Crippen LogP contribution in [-0.4, -0.2) is 63.5 Å². The van der Waals surface area contributed by atoms with Crippen molar-refractivity contribution < 1.29 is 38.4 Å². The Balaban J connectivity index is 0.000000135. The third-order valence-corrected chi connectivity index (χ3v) is 20.5. The number of rotatable bonds is 19. The number of carboxylic acids is 1. The number of pyridine rings is 3. The largest absolute Gasteiger partial charge is 0.487 e. The first-order valence-electron chi connectivity index (χ1n) is 34.7. The molecular weight excluding hydrogens is 1240 g/mol. The maximum atomic E-state index is 13.4. The van der Waals surface area contributed by atoms with Crippen LogP contribution in [0.1, 0.15) is 148 Å². The monoisotopic (exact) mass is 1320 g/mol. The Morgan fingerprint density at radius 3 is 1.05 bits per heavy atom. The minimum absolute atomic E-state index is 0.0557. The zero-order chi connectivity index (χ0) is 69.4. The average molecular weight is 1330 g/mol. The summed E-state index contributed by atoms with van der Waals surface area (Å²) >= 11 is 0. The number of carboxylic acid groups (broad SMARTS) is 1. The van der Waals surface area contributed by atoms with Gasteiger partial charge in [-0.15, -0.1) is 0 Å². The quantitative estimate of drug-likeness (QED) is 0.0771. The van der Waals surface area contributed by atoms with Crippen molar-refractivity contribution in [2.24, 2.45) is 17.8 Å². The molecule has 0 saturated heterocycles. The summed E-state index contributed by atoms with van der Waals surface area (Å²) in [6.07, 6.45) is 5.85. The van der Waals surface area contributed by atoms with Crippen LogP contribution < -0.4 is 14.2 Å². The number of methoxy groups -OCH3 is 1. The molecule has 3 fully saturated rings. The number of aromatic carboxylic acids is 1. The van der Waals surface area contributed by atoms with Gasteiger partial charge in [-0.05, 0) is 188 Å². The van der Waals surface area contributed by atoms with Crippen LogP contribution in [-0.2, 0) is 40.8 Å². The number of ether oxygens (including phenoxy) is 4. The van der Waals surface area contributed by atoms with Gasteiger partial charge < -0.3 is 29.0 Å². The first-order chi connectivity index (χ1) is 48.6. The number of nitrogens with zero attached hydrogens (tertiary/aromatic N) is 4. The van der Waals surface area contributed by atoms with E-state index in [1.54, 1.807) is 17.0 Å². The van der Waals surface area contributed by atoms with Crippen molar-refractivity contribution in [1.82, 2.24) is 19.9 Å². The van der Waals surface area contributed by atoms with Crippen LogP contribution in [0.5, 0.6) is 17.2 Å². The van der Waals surface area contributed by atoms with E-state index in [-0.39, 0.29) is 28.1 Å². The number of carbonyl (C=O) groups excluding carboxylic acids is 2. The molecule has 100 heavy (non-hydrogen) atoms. The van der Waals surface area contributed by atoms with Gasteiger partial charge in [0.2, 0.25) is 0 Å². The molecule has 1 N–H and O–H groups in total. The SMILES string of the molecule is CC1CC(c2ccccc2)(c2cc(OCc3ccc4ccccc4n3)ccc2C(=O)O)C1.CCN(C)C(=O)c1ccc(OCc2ccc3ccccc3n2)cc1C1(c2ccccc2)CC(C)C1.COC(=O)c1ccc(OCc2ccc3ccccc3n2)cc1C1(c2ccccc2)CC(C)C1. The van der Waals surface area contributed by atoms with Crippen molar-refractivity contribution in [3.8, 4) is 17.2 Å². The number of esters is 1. The Hall–Kier alpha value is -11.0. The highest BCUT2D eigenvalue weighted by molar-refractivity contribution is 5.97. The van der Waals surface area contributed by atoms with Crippen LogP contribution in [0.15, 0.2) is 255 Å². The summed E-state index contributed by atoms with van der Waals surface area (Å²) in [5.41, 5.74) is 13.0. The van der Waals surface area contributed by atoms with E-state index in [0.717, 1.165) is 128 Å². The summed E-state index contributed by atoms with van der Waals surface area (Å²) in [5.74, 6) is 2.72. The molecule has 3 aliphatic carbocycles. The highest BCUT2D eigenvalue weighted by Gasteiger charge is 2.49. The predicted molar refractivity (Wildman–Crippen MR) is 395 cm³/mol. The van der Waals surface area contributed by atoms with E-state index >= 15 is 0 Å². The minimum Gasteiger partial charge on any atom is -0.487 e. The minimum atomic E-state index is -0.905. The Bertz CT molecular complexity index is 4890. The highest BCUT2D eigenvalue weighted by atomic mass is 16.5. The number of hydrogen-bond acceptors (Lipinski definition) is 10. The second-order valence-corrected chi connectivity index (χ2v) is 27.5. The maximum Gasteiger partial charge on any atom is 0.338 e. The molecule has 3 aromatic heterocycles. The van der Waals surface area contributed by atoms with Crippen LogP contribution in [0.25, 0.3) is 32.7 Å².